The molecule has 30 heavy (non-hydrogen) atoms. The van der Waals surface area contributed by atoms with Gasteiger partial charge in [-0.3, -0.25) is 0 Å². The largest absolute Gasteiger partial charge is 0.480 e. The molecule has 1 aliphatic carbocycles. The lowest BCUT2D eigenvalue weighted by atomic mass is 9.84. The average molecular weight is 404 g/mol. The second kappa shape index (κ2) is 7.21. The Kier molecular flexibility index (Phi) is 4.51. The summed E-state index contributed by atoms with van der Waals surface area (Å²) in [5.41, 5.74) is 3.26. The first-order valence-electron chi connectivity index (χ1n) is 10.1. The Balaban J connectivity index is 1.44. The van der Waals surface area contributed by atoms with E-state index in [9.17, 15) is 5.11 Å². The summed E-state index contributed by atoms with van der Waals surface area (Å²) in [5, 5.41) is 19.0. The van der Waals surface area contributed by atoms with E-state index in [2.05, 4.69) is 25.4 Å². The van der Waals surface area contributed by atoms with Gasteiger partial charge in [-0.15, -0.1) is 5.10 Å². The Bertz CT molecular complexity index is 1210. The second-order valence-electron chi connectivity index (χ2n) is 8.17. The van der Waals surface area contributed by atoms with Gasteiger partial charge in [0.15, 0.2) is 0 Å². The molecular formula is C22H24N6O2. The molecule has 2 N–H and O–H groups in total. The predicted octanol–water partition coefficient (Wildman–Crippen LogP) is 3.45. The zero-order valence-corrected chi connectivity index (χ0v) is 17.0. The first-order valence-corrected chi connectivity index (χ1v) is 10.1. The van der Waals surface area contributed by atoms with Crippen molar-refractivity contribution in [3.63, 3.8) is 0 Å². The third kappa shape index (κ3) is 3.43. The molecule has 8 heteroatoms. The monoisotopic (exact) mass is 404 g/mol. The normalized spacial score (nSPS) is 21.8. The van der Waals surface area contributed by atoms with Gasteiger partial charge in [-0.05, 0) is 56.4 Å². The molecule has 0 bridgehead atoms. The van der Waals surface area contributed by atoms with Gasteiger partial charge in [-0.25, -0.2) is 19.5 Å². The summed E-state index contributed by atoms with van der Waals surface area (Å²) in [6, 6.07) is 8.34. The minimum atomic E-state index is -0.550. The van der Waals surface area contributed by atoms with E-state index in [1.807, 2.05) is 48.1 Å². The third-order valence-electron chi connectivity index (χ3n) is 5.92. The van der Waals surface area contributed by atoms with Gasteiger partial charge in [0.1, 0.15) is 6.33 Å². The van der Waals surface area contributed by atoms with Gasteiger partial charge in [0.2, 0.25) is 11.8 Å². The summed E-state index contributed by atoms with van der Waals surface area (Å²) >= 11 is 0. The van der Waals surface area contributed by atoms with Gasteiger partial charge in [-0.1, -0.05) is 6.07 Å². The lowest BCUT2D eigenvalue weighted by Gasteiger charge is -2.33. The number of benzene rings is 1. The number of aromatic nitrogens is 5. The quantitative estimate of drug-likeness (QED) is 0.538. The van der Waals surface area contributed by atoms with Crippen molar-refractivity contribution in [2.24, 2.45) is 0 Å². The van der Waals surface area contributed by atoms with Crippen molar-refractivity contribution in [2.45, 2.75) is 44.2 Å². The molecule has 0 spiro atoms. The Hall–Kier alpha value is -3.26. The number of anilines is 1. The van der Waals surface area contributed by atoms with Crippen LogP contribution >= 0.6 is 0 Å². The van der Waals surface area contributed by atoms with Crippen LogP contribution in [0, 0.1) is 0 Å². The van der Waals surface area contributed by atoms with Crippen LogP contribution in [-0.4, -0.2) is 48.4 Å². The number of nitrogens with one attached hydrogen (secondary N) is 1. The van der Waals surface area contributed by atoms with Crippen molar-refractivity contribution in [2.75, 3.05) is 12.4 Å². The molecule has 4 aromatic rings. The second-order valence-corrected chi connectivity index (χ2v) is 8.17. The topological polar surface area (TPSA) is 97.5 Å². The maximum atomic E-state index is 10.1. The van der Waals surface area contributed by atoms with E-state index in [4.69, 9.17) is 4.74 Å². The Morgan fingerprint density at radius 3 is 2.80 bits per heavy atom. The fourth-order valence-corrected chi connectivity index (χ4v) is 4.14. The number of aliphatic hydroxyl groups is 1. The molecule has 0 aliphatic heterocycles. The molecule has 1 aromatic carbocycles. The zero-order chi connectivity index (χ0) is 20.7. The van der Waals surface area contributed by atoms with Crippen molar-refractivity contribution in [3.8, 4) is 17.0 Å². The Morgan fingerprint density at radius 1 is 1.17 bits per heavy atom. The van der Waals surface area contributed by atoms with Crippen LogP contribution in [0.25, 0.3) is 27.5 Å². The summed E-state index contributed by atoms with van der Waals surface area (Å²) in [5.74, 6) is 1.16. The Morgan fingerprint density at radius 2 is 2.00 bits per heavy atom. The van der Waals surface area contributed by atoms with Crippen molar-refractivity contribution >= 4 is 22.4 Å². The molecule has 5 rings (SSSR count). The van der Waals surface area contributed by atoms with Crippen LogP contribution < -0.4 is 10.1 Å². The molecule has 8 nitrogen and oxygen atoms in total. The maximum absolute atomic E-state index is 10.1. The first kappa shape index (κ1) is 18.7. The number of methoxy groups -OCH3 is 1. The van der Waals surface area contributed by atoms with Gasteiger partial charge in [0.05, 0.1) is 35.3 Å². The van der Waals surface area contributed by atoms with E-state index in [1.165, 1.54) is 6.33 Å². The standard InChI is InChI=1S/C22H24N6O2/c1-22(29)8-5-15(6-9-22)26-21-23-12-19-16(7-10-28(19)27-21)14-3-4-18-17(11-14)20(30-2)25-13-24-18/h3-4,7,10-13,15,29H,5-6,8-9H2,1-2H3,(H,26,27)/t15-,22+. The zero-order valence-electron chi connectivity index (χ0n) is 17.0. The molecule has 1 aliphatic rings. The predicted molar refractivity (Wildman–Crippen MR) is 115 cm³/mol. The van der Waals surface area contributed by atoms with Crippen molar-refractivity contribution in [1.82, 2.24) is 24.6 Å². The number of nitrogens with zero attached hydrogens (tertiary/aromatic N) is 5. The highest BCUT2D eigenvalue weighted by Crippen LogP contribution is 2.31. The van der Waals surface area contributed by atoms with E-state index in [0.29, 0.717) is 11.8 Å². The number of hydrogen-bond acceptors (Lipinski definition) is 7. The van der Waals surface area contributed by atoms with Gasteiger partial charge in [0, 0.05) is 17.8 Å². The highest BCUT2D eigenvalue weighted by molar-refractivity contribution is 5.91. The number of ether oxygens (including phenoxy) is 1. The molecule has 1 fully saturated rings. The van der Waals surface area contributed by atoms with Crippen molar-refractivity contribution in [3.05, 3.63) is 43.0 Å². The van der Waals surface area contributed by atoms with E-state index in [1.54, 1.807) is 7.11 Å². The van der Waals surface area contributed by atoms with E-state index in [0.717, 1.165) is 53.2 Å². The Labute approximate surface area is 174 Å². The summed E-state index contributed by atoms with van der Waals surface area (Å²) in [6.45, 7) is 1.90. The van der Waals surface area contributed by atoms with E-state index in [-0.39, 0.29) is 6.04 Å². The minimum Gasteiger partial charge on any atom is -0.480 e. The summed E-state index contributed by atoms with van der Waals surface area (Å²) in [7, 11) is 1.61. The van der Waals surface area contributed by atoms with Crippen LogP contribution in [0.4, 0.5) is 5.95 Å². The molecule has 1 saturated carbocycles. The molecular weight excluding hydrogens is 380 g/mol. The highest BCUT2D eigenvalue weighted by atomic mass is 16.5. The highest BCUT2D eigenvalue weighted by Gasteiger charge is 2.28. The van der Waals surface area contributed by atoms with Gasteiger partial charge in [-0.2, -0.15) is 0 Å². The lowest BCUT2D eigenvalue weighted by Crippen LogP contribution is -2.36. The number of hydrogen-bond donors (Lipinski definition) is 2. The third-order valence-corrected chi connectivity index (χ3v) is 5.92. The summed E-state index contributed by atoms with van der Waals surface area (Å²) in [6.07, 6.45) is 8.67. The molecule has 0 saturated heterocycles. The number of fused-ring (bicyclic) bond motifs is 2. The van der Waals surface area contributed by atoms with Gasteiger partial charge >= 0.3 is 0 Å². The lowest BCUT2D eigenvalue weighted by molar-refractivity contribution is 0.0195. The molecule has 154 valence electrons. The first-order chi connectivity index (χ1) is 14.5. The van der Waals surface area contributed by atoms with Crippen LogP contribution in [0.1, 0.15) is 32.6 Å². The van der Waals surface area contributed by atoms with Crippen LogP contribution in [0.3, 0.4) is 0 Å². The van der Waals surface area contributed by atoms with Crippen LogP contribution in [0.2, 0.25) is 0 Å². The molecule has 3 heterocycles. The summed E-state index contributed by atoms with van der Waals surface area (Å²) in [4.78, 5) is 13.0. The van der Waals surface area contributed by atoms with Crippen LogP contribution in [0.15, 0.2) is 43.0 Å². The number of rotatable bonds is 4. The van der Waals surface area contributed by atoms with Gasteiger partial charge < -0.3 is 15.2 Å². The van der Waals surface area contributed by atoms with Gasteiger partial charge in [0.25, 0.3) is 0 Å². The summed E-state index contributed by atoms with van der Waals surface area (Å²) < 4.78 is 7.22. The smallest absolute Gasteiger partial charge is 0.241 e. The average Bonchev–Trinajstić information content (AvgIpc) is 3.17. The van der Waals surface area contributed by atoms with Crippen molar-refractivity contribution in [1.29, 1.82) is 0 Å². The molecule has 0 radical (unpaired) electrons. The molecule has 0 amide bonds. The molecule has 0 unspecified atom stereocenters. The maximum Gasteiger partial charge on any atom is 0.241 e. The van der Waals surface area contributed by atoms with E-state index >= 15 is 0 Å². The van der Waals surface area contributed by atoms with Crippen LogP contribution in [-0.2, 0) is 0 Å². The molecule has 3 aromatic heterocycles. The SMILES string of the molecule is COc1ncnc2ccc(-c3ccn4nc(N[C@H]5CC[C@@](C)(O)CC5)ncc34)cc12. The molecule has 0 atom stereocenters. The van der Waals surface area contributed by atoms with E-state index < -0.39 is 5.60 Å². The fourth-order valence-electron chi connectivity index (χ4n) is 4.14. The minimum absolute atomic E-state index is 0.283. The van der Waals surface area contributed by atoms with Crippen molar-refractivity contribution < 1.29 is 9.84 Å². The van der Waals surface area contributed by atoms with Crippen LogP contribution in [0.5, 0.6) is 5.88 Å². The fraction of sp³-hybridized carbons (Fsp3) is 0.364.